The van der Waals surface area contributed by atoms with Crippen LogP contribution in [0.4, 0.5) is 24.7 Å². The van der Waals surface area contributed by atoms with Crippen molar-refractivity contribution in [1.82, 2.24) is 10.2 Å². The zero-order valence-corrected chi connectivity index (χ0v) is 20.8. The number of anilines is 2. The number of hydrogen-bond acceptors (Lipinski definition) is 7. The van der Waals surface area contributed by atoms with Crippen LogP contribution in [0.3, 0.4) is 0 Å². The summed E-state index contributed by atoms with van der Waals surface area (Å²) >= 11 is 0. The number of hydrogen-bond donors (Lipinski definition) is 2. The number of fused-ring (bicyclic) bond motifs is 1. The molecule has 10 heteroatoms. The third-order valence-electron chi connectivity index (χ3n) is 6.48. The van der Waals surface area contributed by atoms with E-state index < -0.39 is 17.9 Å². The summed E-state index contributed by atoms with van der Waals surface area (Å²) in [5.74, 6) is 0.461. The first-order valence-corrected chi connectivity index (χ1v) is 12.3. The molecule has 0 unspecified atom stereocenters. The van der Waals surface area contributed by atoms with Crippen LogP contribution in [0.1, 0.15) is 28.6 Å². The number of nitrogens with zero attached hydrogens (tertiary/aromatic N) is 3. The molecule has 1 atom stereocenters. The highest BCUT2D eigenvalue weighted by molar-refractivity contribution is 5.95. The number of morpholine rings is 1. The summed E-state index contributed by atoms with van der Waals surface area (Å²) < 4.78 is 52.3. The van der Waals surface area contributed by atoms with Crippen molar-refractivity contribution in [2.75, 3.05) is 36.5 Å². The summed E-state index contributed by atoms with van der Waals surface area (Å²) in [6.07, 6.45) is -5.56. The van der Waals surface area contributed by atoms with Gasteiger partial charge in [-0.3, -0.25) is 0 Å². The zero-order valence-electron chi connectivity index (χ0n) is 20.8. The van der Waals surface area contributed by atoms with Gasteiger partial charge in [-0.05, 0) is 48.4 Å². The minimum absolute atomic E-state index is 0.0744. The Kier molecular flexibility index (Phi) is 7.35. The maximum Gasteiger partial charge on any atom is 0.416 e. The average Bonchev–Trinajstić information content (AvgIpc) is 2.93. The highest BCUT2D eigenvalue weighted by Crippen LogP contribution is 2.35. The number of alkyl halides is 3. The van der Waals surface area contributed by atoms with Crippen LogP contribution in [-0.4, -0.2) is 36.5 Å². The van der Waals surface area contributed by atoms with Gasteiger partial charge < -0.3 is 25.4 Å². The number of nitrogens with one attached hydrogen (secondary N) is 1. The number of nitrogens with two attached hydrogens (primary N) is 1. The van der Waals surface area contributed by atoms with Gasteiger partial charge in [0.2, 0.25) is 0 Å². The largest absolute Gasteiger partial charge is 0.489 e. The second-order valence-electron chi connectivity index (χ2n) is 9.15. The van der Waals surface area contributed by atoms with Gasteiger partial charge in [0.1, 0.15) is 18.5 Å². The standard InChI is InChI=1S/C28H28F3N5O2/c1-18-24-8-7-22(36-9-11-37-12-10-36)16-25(24)27(35-34-18)33-26(32)20-13-21(28(29,30)31)15-23(14-20)38-17-19-5-3-2-4-6-19/h2-8,13-16,26H,9-12,17,32H2,1H3,(H,33,35)/t26-/m0/s1. The molecule has 1 saturated heterocycles. The molecule has 198 valence electrons. The summed E-state index contributed by atoms with van der Waals surface area (Å²) in [7, 11) is 0. The Morgan fingerprint density at radius 1 is 1.00 bits per heavy atom. The Labute approximate surface area is 218 Å². The predicted molar refractivity (Wildman–Crippen MR) is 140 cm³/mol. The molecule has 0 saturated carbocycles. The van der Waals surface area contributed by atoms with Crippen molar-refractivity contribution < 1.29 is 22.6 Å². The number of rotatable bonds is 7. The Morgan fingerprint density at radius 3 is 2.50 bits per heavy atom. The number of aromatic nitrogens is 2. The van der Waals surface area contributed by atoms with E-state index in [1.165, 1.54) is 6.07 Å². The molecule has 2 heterocycles. The van der Waals surface area contributed by atoms with Crippen LogP contribution < -0.4 is 20.7 Å². The van der Waals surface area contributed by atoms with Gasteiger partial charge in [0.05, 0.1) is 24.5 Å². The number of halogens is 3. The first kappa shape index (κ1) is 25.7. The molecule has 0 spiro atoms. The third kappa shape index (κ3) is 5.81. The van der Waals surface area contributed by atoms with Gasteiger partial charge >= 0.3 is 6.18 Å². The van der Waals surface area contributed by atoms with E-state index in [1.807, 2.05) is 55.5 Å². The van der Waals surface area contributed by atoms with E-state index in [1.54, 1.807) is 0 Å². The van der Waals surface area contributed by atoms with Crippen molar-refractivity contribution in [2.24, 2.45) is 5.73 Å². The van der Waals surface area contributed by atoms with Crippen molar-refractivity contribution >= 4 is 22.3 Å². The number of benzene rings is 3. The van der Waals surface area contributed by atoms with E-state index in [9.17, 15) is 13.2 Å². The van der Waals surface area contributed by atoms with Crippen molar-refractivity contribution in [3.63, 3.8) is 0 Å². The van der Waals surface area contributed by atoms with Crippen LogP contribution in [0, 0.1) is 6.92 Å². The van der Waals surface area contributed by atoms with E-state index in [4.69, 9.17) is 15.2 Å². The fourth-order valence-electron chi connectivity index (χ4n) is 4.42. The molecule has 0 aliphatic carbocycles. The molecule has 1 aromatic heterocycles. The maximum atomic E-state index is 13.7. The Balaban J connectivity index is 1.45. The zero-order chi connectivity index (χ0) is 26.7. The first-order valence-electron chi connectivity index (χ1n) is 12.3. The predicted octanol–water partition coefficient (Wildman–Crippen LogP) is 5.44. The summed E-state index contributed by atoms with van der Waals surface area (Å²) in [4.78, 5) is 2.21. The number of ether oxygens (including phenoxy) is 2. The average molecular weight is 524 g/mol. The minimum Gasteiger partial charge on any atom is -0.489 e. The number of aryl methyl sites for hydroxylation is 1. The maximum absolute atomic E-state index is 13.7. The van der Waals surface area contributed by atoms with Crippen LogP contribution in [-0.2, 0) is 17.5 Å². The van der Waals surface area contributed by atoms with Crippen LogP contribution in [0.2, 0.25) is 0 Å². The topological polar surface area (TPSA) is 85.5 Å². The van der Waals surface area contributed by atoms with E-state index in [2.05, 4.69) is 20.4 Å². The molecule has 3 aromatic carbocycles. The Morgan fingerprint density at radius 2 is 1.76 bits per heavy atom. The molecule has 7 nitrogen and oxygen atoms in total. The monoisotopic (exact) mass is 523 g/mol. The van der Waals surface area contributed by atoms with Crippen molar-refractivity contribution in [3.05, 3.63) is 89.1 Å². The summed E-state index contributed by atoms with van der Waals surface area (Å²) in [5, 5.41) is 13.3. The van der Waals surface area contributed by atoms with Gasteiger partial charge in [0, 0.05) is 29.5 Å². The van der Waals surface area contributed by atoms with Crippen LogP contribution >= 0.6 is 0 Å². The lowest BCUT2D eigenvalue weighted by atomic mass is 10.1. The molecular weight excluding hydrogens is 495 g/mol. The van der Waals surface area contributed by atoms with Gasteiger partial charge in [-0.1, -0.05) is 36.4 Å². The van der Waals surface area contributed by atoms with Gasteiger partial charge in [0.25, 0.3) is 0 Å². The summed E-state index contributed by atoms with van der Waals surface area (Å²) in [6.45, 7) is 4.81. The van der Waals surface area contributed by atoms with E-state index >= 15 is 0 Å². The molecule has 4 aromatic rings. The third-order valence-corrected chi connectivity index (χ3v) is 6.48. The molecule has 3 N–H and O–H groups in total. The van der Waals surface area contributed by atoms with Crippen LogP contribution in [0.25, 0.3) is 10.8 Å². The van der Waals surface area contributed by atoms with E-state index in [0.717, 1.165) is 52.9 Å². The fourth-order valence-corrected chi connectivity index (χ4v) is 4.42. The lowest BCUT2D eigenvalue weighted by Gasteiger charge is -2.29. The molecule has 5 rings (SSSR count). The van der Waals surface area contributed by atoms with Gasteiger partial charge in [-0.25, -0.2) is 0 Å². The molecule has 0 amide bonds. The highest BCUT2D eigenvalue weighted by Gasteiger charge is 2.32. The first-order chi connectivity index (χ1) is 18.3. The normalized spacial score (nSPS) is 14.9. The van der Waals surface area contributed by atoms with Crippen LogP contribution in [0.15, 0.2) is 66.7 Å². The minimum atomic E-state index is -4.57. The smallest absolute Gasteiger partial charge is 0.416 e. The molecule has 38 heavy (non-hydrogen) atoms. The quantitative estimate of drug-likeness (QED) is 0.312. The summed E-state index contributed by atoms with van der Waals surface area (Å²) in [5.41, 5.74) is 8.34. The lowest BCUT2D eigenvalue weighted by molar-refractivity contribution is -0.137. The van der Waals surface area contributed by atoms with Crippen molar-refractivity contribution in [2.45, 2.75) is 25.9 Å². The second kappa shape index (κ2) is 10.8. The lowest BCUT2D eigenvalue weighted by Crippen LogP contribution is -2.36. The highest BCUT2D eigenvalue weighted by atomic mass is 19.4. The molecule has 1 aliphatic heterocycles. The second-order valence-corrected chi connectivity index (χ2v) is 9.15. The Hall–Kier alpha value is -3.89. The van der Waals surface area contributed by atoms with E-state index in [0.29, 0.717) is 19.0 Å². The molecule has 1 aliphatic rings. The fraction of sp³-hybridized carbons (Fsp3) is 0.286. The molecule has 1 fully saturated rings. The summed E-state index contributed by atoms with van der Waals surface area (Å²) in [6, 6.07) is 18.7. The SMILES string of the molecule is Cc1nnc(N[C@H](N)c2cc(OCc3ccccc3)cc(C(F)(F)F)c2)c2cc(N3CCOCC3)ccc12. The molecule has 0 bridgehead atoms. The van der Waals surface area contributed by atoms with Crippen LogP contribution in [0.5, 0.6) is 5.75 Å². The van der Waals surface area contributed by atoms with Gasteiger partial charge in [0.15, 0.2) is 5.82 Å². The van der Waals surface area contributed by atoms with Gasteiger partial charge in [-0.2, -0.15) is 18.3 Å². The molecular formula is C28H28F3N5O2. The Bertz CT molecular complexity index is 1410. The van der Waals surface area contributed by atoms with Crippen molar-refractivity contribution in [1.29, 1.82) is 0 Å². The van der Waals surface area contributed by atoms with Crippen molar-refractivity contribution in [3.8, 4) is 5.75 Å². The van der Waals surface area contributed by atoms with Gasteiger partial charge in [-0.15, -0.1) is 5.10 Å². The van der Waals surface area contributed by atoms with E-state index in [-0.39, 0.29) is 17.9 Å². The molecule has 0 radical (unpaired) electrons.